The second kappa shape index (κ2) is 6.02. The Kier molecular flexibility index (Phi) is 4.15. The zero-order valence-electron chi connectivity index (χ0n) is 11.3. The molecule has 1 amide bonds. The van der Waals surface area contributed by atoms with Crippen molar-refractivity contribution in [3.63, 3.8) is 0 Å². The van der Waals surface area contributed by atoms with Crippen molar-refractivity contribution >= 4 is 17.4 Å². The van der Waals surface area contributed by atoms with Gasteiger partial charge in [-0.15, -0.1) is 0 Å². The van der Waals surface area contributed by atoms with Gasteiger partial charge in [-0.1, -0.05) is 12.1 Å². The summed E-state index contributed by atoms with van der Waals surface area (Å²) in [6, 6.07) is 13.8. The third kappa shape index (κ3) is 3.03. The molecule has 2 rings (SSSR count). The first-order valence-corrected chi connectivity index (χ1v) is 6.17. The van der Waals surface area contributed by atoms with Gasteiger partial charge in [0.05, 0.1) is 12.7 Å². The fraction of sp³-hybridized carbons (Fsp3) is 0.125. The molecule has 0 bridgehead atoms. The van der Waals surface area contributed by atoms with E-state index >= 15 is 0 Å². The normalized spacial score (nSPS) is 9.90. The number of ketones is 1. The molecule has 0 unspecified atom stereocenters. The number of nitrogens with one attached hydrogen (secondary N) is 1. The van der Waals surface area contributed by atoms with Gasteiger partial charge >= 0.3 is 0 Å². The van der Waals surface area contributed by atoms with Gasteiger partial charge in [-0.2, -0.15) is 0 Å². The topological polar surface area (TPSA) is 55.4 Å². The maximum Gasteiger partial charge on any atom is 0.221 e. The highest BCUT2D eigenvalue weighted by molar-refractivity contribution is 6.10. The van der Waals surface area contributed by atoms with Crippen LogP contribution in [0.4, 0.5) is 5.69 Å². The van der Waals surface area contributed by atoms with Gasteiger partial charge < -0.3 is 10.1 Å². The van der Waals surface area contributed by atoms with Gasteiger partial charge in [-0.25, -0.2) is 0 Å². The molecule has 0 heterocycles. The van der Waals surface area contributed by atoms with Crippen molar-refractivity contribution in [3.8, 4) is 5.75 Å². The van der Waals surface area contributed by atoms with Crippen LogP contribution in [0.3, 0.4) is 0 Å². The van der Waals surface area contributed by atoms with Crippen molar-refractivity contribution in [2.24, 2.45) is 0 Å². The van der Waals surface area contributed by atoms with Gasteiger partial charge in [0.25, 0.3) is 0 Å². The van der Waals surface area contributed by atoms with E-state index in [0.717, 1.165) is 0 Å². The molecule has 0 radical (unpaired) electrons. The van der Waals surface area contributed by atoms with E-state index < -0.39 is 0 Å². The molecular formula is C16H15NO3. The number of rotatable bonds is 4. The monoisotopic (exact) mass is 269 g/mol. The van der Waals surface area contributed by atoms with Crippen LogP contribution < -0.4 is 10.1 Å². The molecular weight excluding hydrogens is 254 g/mol. The lowest BCUT2D eigenvalue weighted by Crippen LogP contribution is -2.07. The largest absolute Gasteiger partial charge is 0.496 e. The molecule has 0 aliphatic rings. The first kappa shape index (κ1) is 13.8. The minimum absolute atomic E-state index is 0.114. The van der Waals surface area contributed by atoms with Crippen molar-refractivity contribution in [3.05, 3.63) is 59.7 Å². The Bertz CT molecular complexity index is 632. The van der Waals surface area contributed by atoms with Crippen LogP contribution in [0.25, 0.3) is 0 Å². The number of carbonyl (C=O) groups is 2. The van der Waals surface area contributed by atoms with Gasteiger partial charge in [0.15, 0.2) is 5.78 Å². The number of para-hydroxylation sites is 1. The number of hydrogen-bond acceptors (Lipinski definition) is 3. The zero-order valence-corrected chi connectivity index (χ0v) is 11.3. The second-order valence-electron chi connectivity index (χ2n) is 4.29. The van der Waals surface area contributed by atoms with Crippen molar-refractivity contribution in [2.45, 2.75) is 6.92 Å². The average molecular weight is 269 g/mol. The molecule has 0 aromatic heterocycles. The molecule has 4 nitrogen and oxygen atoms in total. The predicted octanol–water partition coefficient (Wildman–Crippen LogP) is 2.88. The average Bonchev–Trinajstić information content (AvgIpc) is 2.46. The van der Waals surface area contributed by atoms with Crippen LogP contribution in [-0.2, 0) is 4.79 Å². The summed E-state index contributed by atoms with van der Waals surface area (Å²) in [6.45, 7) is 1.44. The number of ether oxygens (including phenoxy) is 1. The van der Waals surface area contributed by atoms with Crippen LogP contribution in [-0.4, -0.2) is 18.8 Å². The lowest BCUT2D eigenvalue weighted by molar-refractivity contribution is -0.114. The summed E-state index contributed by atoms with van der Waals surface area (Å²) in [5.74, 6) is 0.286. The van der Waals surface area contributed by atoms with Crippen molar-refractivity contribution < 1.29 is 14.3 Å². The highest BCUT2D eigenvalue weighted by Gasteiger charge is 2.13. The summed E-state index contributed by atoms with van der Waals surface area (Å²) in [5.41, 5.74) is 1.72. The maximum absolute atomic E-state index is 12.4. The van der Waals surface area contributed by atoms with E-state index in [1.807, 2.05) is 6.07 Å². The molecule has 0 saturated heterocycles. The molecule has 20 heavy (non-hydrogen) atoms. The van der Waals surface area contributed by atoms with Gasteiger partial charge in [0.2, 0.25) is 5.91 Å². The Morgan fingerprint density at radius 1 is 1.00 bits per heavy atom. The van der Waals surface area contributed by atoms with Crippen LogP contribution in [0.15, 0.2) is 48.5 Å². The second-order valence-corrected chi connectivity index (χ2v) is 4.29. The smallest absolute Gasteiger partial charge is 0.221 e. The van der Waals surface area contributed by atoms with E-state index in [-0.39, 0.29) is 11.7 Å². The Balaban J connectivity index is 2.27. The summed E-state index contributed by atoms with van der Waals surface area (Å²) in [5, 5.41) is 2.66. The standard InChI is InChI=1S/C16H15NO3/c1-11(18)17-13-9-7-12(8-10-13)16(19)14-5-3-4-6-15(14)20-2/h3-10H,1-2H3,(H,17,18). The lowest BCUT2D eigenvalue weighted by atomic mass is 10.0. The van der Waals surface area contributed by atoms with Crippen LogP contribution in [0, 0.1) is 0 Å². The van der Waals surface area contributed by atoms with Crippen LogP contribution in [0.5, 0.6) is 5.75 Å². The number of methoxy groups -OCH3 is 1. The van der Waals surface area contributed by atoms with E-state index in [2.05, 4.69) is 5.32 Å². The van der Waals surface area contributed by atoms with Gasteiger partial charge in [0.1, 0.15) is 5.75 Å². The number of hydrogen-bond donors (Lipinski definition) is 1. The molecule has 2 aromatic carbocycles. The highest BCUT2D eigenvalue weighted by atomic mass is 16.5. The number of benzene rings is 2. The van der Waals surface area contributed by atoms with Crippen LogP contribution in [0.1, 0.15) is 22.8 Å². The minimum Gasteiger partial charge on any atom is -0.496 e. The molecule has 1 N–H and O–H groups in total. The Morgan fingerprint density at radius 2 is 1.65 bits per heavy atom. The van der Waals surface area contributed by atoms with E-state index in [9.17, 15) is 9.59 Å². The van der Waals surface area contributed by atoms with Crippen LogP contribution >= 0.6 is 0 Å². The molecule has 0 atom stereocenters. The minimum atomic E-state index is -0.145. The lowest BCUT2D eigenvalue weighted by Gasteiger charge is -2.08. The first-order chi connectivity index (χ1) is 9.61. The molecule has 4 heteroatoms. The first-order valence-electron chi connectivity index (χ1n) is 6.17. The molecule has 0 aliphatic heterocycles. The third-order valence-electron chi connectivity index (χ3n) is 2.82. The van der Waals surface area contributed by atoms with E-state index in [1.54, 1.807) is 42.5 Å². The number of carbonyl (C=O) groups excluding carboxylic acids is 2. The quantitative estimate of drug-likeness (QED) is 0.868. The summed E-state index contributed by atoms with van der Waals surface area (Å²) in [4.78, 5) is 23.3. The molecule has 0 aliphatic carbocycles. The summed E-state index contributed by atoms with van der Waals surface area (Å²) in [6.07, 6.45) is 0. The molecule has 102 valence electrons. The van der Waals surface area contributed by atoms with Crippen molar-refractivity contribution in [2.75, 3.05) is 12.4 Å². The van der Waals surface area contributed by atoms with Gasteiger partial charge in [-0.05, 0) is 36.4 Å². The van der Waals surface area contributed by atoms with E-state index in [0.29, 0.717) is 22.6 Å². The summed E-state index contributed by atoms with van der Waals surface area (Å²) >= 11 is 0. The molecule has 0 spiro atoms. The van der Waals surface area contributed by atoms with Crippen LogP contribution in [0.2, 0.25) is 0 Å². The van der Waals surface area contributed by atoms with Crippen molar-refractivity contribution in [1.82, 2.24) is 0 Å². The van der Waals surface area contributed by atoms with Crippen molar-refractivity contribution in [1.29, 1.82) is 0 Å². The Hall–Kier alpha value is -2.62. The van der Waals surface area contributed by atoms with E-state index in [1.165, 1.54) is 14.0 Å². The summed E-state index contributed by atoms with van der Waals surface area (Å²) < 4.78 is 5.19. The molecule has 0 fully saturated rings. The maximum atomic E-state index is 12.4. The fourth-order valence-corrected chi connectivity index (χ4v) is 1.90. The van der Waals surface area contributed by atoms with E-state index in [4.69, 9.17) is 4.74 Å². The molecule has 2 aromatic rings. The zero-order chi connectivity index (χ0) is 14.5. The Morgan fingerprint density at radius 3 is 2.25 bits per heavy atom. The Labute approximate surface area is 117 Å². The number of amides is 1. The van der Waals surface area contributed by atoms with Gasteiger partial charge in [-0.3, -0.25) is 9.59 Å². The predicted molar refractivity (Wildman–Crippen MR) is 77.2 cm³/mol. The highest BCUT2D eigenvalue weighted by Crippen LogP contribution is 2.21. The SMILES string of the molecule is COc1ccccc1C(=O)c1ccc(NC(C)=O)cc1. The summed E-state index contributed by atoms with van der Waals surface area (Å²) in [7, 11) is 1.53. The fourth-order valence-electron chi connectivity index (χ4n) is 1.90. The molecule has 0 saturated carbocycles. The van der Waals surface area contributed by atoms with Gasteiger partial charge in [0, 0.05) is 18.2 Å². The number of anilines is 1. The third-order valence-corrected chi connectivity index (χ3v) is 2.82.